The topological polar surface area (TPSA) is 84.7 Å². The molecule has 1 amide bonds. The van der Waals surface area contributed by atoms with Crippen LogP contribution in [0.3, 0.4) is 0 Å². The molecule has 0 radical (unpaired) electrons. The van der Waals surface area contributed by atoms with Gasteiger partial charge in [-0.05, 0) is 51.1 Å². The molecular weight excluding hydrogens is 322 g/mol. The van der Waals surface area contributed by atoms with E-state index >= 15 is 0 Å². The molecule has 25 heavy (non-hydrogen) atoms. The second-order valence-electron chi connectivity index (χ2n) is 6.05. The van der Waals surface area contributed by atoms with Gasteiger partial charge in [-0.25, -0.2) is 4.79 Å². The van der Waals surface area contributed by atoms with Crippen molar-refractivity contribution in [3.05, 3.63) is 41.7 Å². The maximum atomic E-state index is 12.5. The number of carbonyl (C=O) groups is 2. The number of ether oxygens (including phenoxy) is 1. The van der Waals surface area contributed by atoms with Crippen molar-refractivity contribution in [2.45, 2.75) is 33.2 Å². The van der Waals surface area contributed by atoms with Gasteiger partial charge < -0.3 is 14.7 Å². The van der Waals surface area contributed by atoms with Crippen LogP contribution in [0.15, 0.2) is 30.3 Å². The smallest absolute Gasteiger partial charge is 0.341 e. The van der Waals surface area contributed by atoms with Crippen molar-refractivity contribution in [3.63, 3.8) is 0 Å². The molecule has 1 aromatic heterocycles. The van der Waals surface area contributed by atoms with Crippen molar-refractivity contribution >= 4 is 17.6 Å². The molecule has 7 nitrogen and oxygen atoms in total. The summed E-state index contributed by atoms with van der Waals surface area (Å²) < 4.78 is 6.95. The second-order valence-corrected chi connectivity index (χ2v) is 6.05. The van der Waals surface area contributed by atoms with E-state index in [2.05, 4.69) is 5.10 Å². The van der Waals surface area contributed by atoms with E-state index in [1.165, 1.54) is 0 Å². The van der Waals surface area contributed by atoms with Crippen molar-refractivity contribution in [3.8, 4) is 5.75 Å². The van der Waals surface area contributed by atoms with E-state index in [9.17, 15) is 9.59 Å². The SMILES string of the molecule is Cc1cc(C)n(C(C)CC(=O)N(C)c2ccc(OCC(=O)O)cc2)n1. The third kappa shape index (κ3) is 4.82. The van der Waals surface area contributed by atoms with Crippen LogP contribution in [0.4, 0.5) is 5.69 Å². The van der Waals surface area contributed by atoms with Crippen LogP contribution in [0.1, 0.15) is 30.8 Å². The summed E-state index contributed by atoms with van der Waals surface area (Å²) in [5.41, 5.74) is 2.68. The van der Waals surface area contributed by atoms with Gasteiger partial charge >= 0.3 is 5.97 Å². The molecule has 1 heterocycles. The van der Waals surface area contributed by atoms with Crippen LogP contribution in [-0.4, -0.2) is 40.4 Å². The van der Waals surface area contributed by atoms with E-state index in [1.54, 1.807) is 36.2 Å². The molecule has 0 saturated heterocycles. The van der Waals surface area contributed by atoms with Crippen LogP contribution >= 0.6 is 0 Å². The van der Waals surface area contributed by atoms with E-state index < -0.39 is 12.6 Å². The number of carbonyl (C=O) groups excluding carboxylic acids is 1. The van der Waals surface area contributed by atoms with Gasteiger partial charge in [-0.2, -0.15) is 5.10 Å². The van der Waals surface area contributed by atoms with Crippen LogP contribution in [0.5, 0.6) is 5.75 Å². The lowest BCUT2D eigenvalue weighted by Gasteiger charge is -2.21. The minimum absolute atomic E-state index is 0.0285. The summed E-state index contributed by atoms with van der Waals surface area (Å²) in [4.78, 5) is 24.6. The zero-order valence-electron chi connectivity index (χ0n) is 14.9. The van der Waals surface area contributed by atoms with E-state index in [-0.39, 0.29) is 11.9 Å². The number of hydrogen-bond donors (Lipinski definition) is 1. The lowest BCUT2D eigenvalue weighted by molar-refractivity contribution is -0.139. The predicted octanol–water partition coefficient (Wildman–Crippen LogP) is 2.58. The fourth-order valence-electron chi connectivity index (χ4n) is 2.62. The zero-order valence-corrected chi connectivity index (χ0v) is 14.9. The summed E-state index contributed by atoms with van der Waals surface area (Å²) in [7, 11) is 1.71. The molecule has 2 rings (SSSR count). The standard InChI is InChI=1S/C18H23N3O4/c1-12-9-13(2)21(19-12)14(3)10-17(22)20(4)15-5-7-16(8-6-15)25-11-18(23)24/h5-9,14H,10-11H2,1-4H3,(H,23,24). The molecule has 0 spiro atoms. The first-order valence-electron chi connectivity index (χ1n) is 8.02. The first-order chi connectivity index (χ1) is 11.8. The summed E-state index contributed by atoms with van der Waals surface area (Å²) in [5, 5.41) is 13.0. The van der Waals surface area contributed by atoms with Crippen LogP contribution in [0.2, 0.25) is 0 Å². The highest BCUT2D eigenvalue weighted by Gasteiger charge is 2.18. The van der Waals surface area contributed by atoms with Crippen LogP contribution in [0.25, 0.3) is 0 Å². The lowest BCUT2D eigenvalue weighted by Crippen LogP contribution is -2.28. The molecule has 0 aliphatic carbocycles. The highest BCUT2D eigenvalue weighted by atomic mass is 16.5. The molecule has 0 aliphatic rings. The number of carboxylic acid groups (broad SMARTS) is 1. The van der Waals surface area contributed by atoms with Crippen LogP contribution in [0, 0.1) is 13.8 Å². The van der Waals surface area contributed by atoms with Gasteiger partial charge in [-0.3, -0.25) is 9.48 Å². The molecule has 7 heteroatoms. The fraction of sp³-hybridized carbons (Fsp3) is 0.389. The number of aromatic nitrogens is 2. The Kier molecular flexibility index (Phi) is 5.80. The molecule has 0 bridgehead atoms. The Morgan fingerprint density at radius 2 is 1.92 bits per heavy atom. The Balaban J connectivity index is 1.99. The van der Waals surface area contributed by atoms with Gasteiger partial charge in [0.15, 0.2) is 6.61 Å². The molecule has 134 valence electrons. The van der Waals surface area contributed by atoms with Crippen molar-refractivity contribution in [1.82, 2.24) is 9.78 Å². The quantitative estimate of drug-likeness (QED) is 0.834. The summed E-state index contributed by atoms with van der Waals surface area (Å²) in [5.74, 6) is -0.614. The van der Waals surface area contributed by atoms with Gasteiger partial charge in [0, 0.05) is 24.8 Å². The van der Waals surface area contributed by atoms with Crippen LogP contribution < -0.4 is 9.64 Å². The second kappa shape index (κ2) is 7.83. The summed E-state index contributed by atoms with van der Waals surface area (Å²) in [6, 6.07) is 8.69. The molecule has 1 unspecified atom stereocenters. The predicted molar refractivity (Wildman–Crippen MR) is 94.0 cm³/mol. The van der Waals surface area contributed by atoms with E-state index in [4.69, 9.17) is 9.84 Å². The number of amides is 1. The van der Waals surface area contributed by atoms with E-state index in [1.807, 2.05) is 31.5 Å². The number of carboxylic acids is 1. The molecule has 1 aromatic carbocycles. The number of aryl methyl sites for hydroxylation is 2. The maximum Gasteiger partial charge on any atom is 0.341 e. The largest absolute Gasteiger partial charge is 0.482 e. The first-order valence-corrected chi connectivity index (χ1v) is 8.02. The highest BCUT2D eigenvalue weighted by molar-refractivity contribution is 5.93. The maximum absolute atomic E-state index is 12.5. The van der Waals surface area contributed by atoms with Gasteiger partial charge in [0.1, 0.15) is 5.75 Å². The minimum Gasteiger partial charge on any atom is -0.482 e. The van der Waals surface area contributed by atoms with Crippen molar-refractivity contribution in [2.24, 2.45) is 0 Å². The van der Waals surface area contributed by atoms with E-state index in [0.717, 1.165) is 11.4 Å². The van der Waals surface area contributed by atoms with Gasteiger partial charge in [0.2, 0.25) is 5.91 Å². The number of anilines is 1. The number of hydrogen-bond acceptors (Lipinski definition) is 4. The molecule has 2 aromatic rings. The molecule has 0 aliphatic heterocycles. The number of aliphatic carboxylic acids is 1. The molecule has 0 saturated carbocycles. The molecule has 1 N–H and O–H groups in total. The Labute approximate surface area is 146 Å². The van der Waals surface area contributed by atoms with Crippen molar-refractivity contribution < 1.29 is 19.4 Å². The van der Waals surface area contributed by atoms with Crippen LogP contribution in [-0.2, 0) is 9.59 Å². The summed E-state index contributed by atoms with van der Waals surface area (Å²) in [6.45, 7) is 5.47. The molecule has 1 atom stereocenters. The average molecular weight is 345 g/mol. The van der Waals surface area contributed by atoms with Crippen molar-refractivity contribution in [2.75, 3.05) is 18.6 Å². The number of benzene rings is 1. The Bertz CT molecular complexity index is 752. The minimum atomic E-state index is -1.03. The molecule has 0 fully saturated rings. The Hall–Kier alpha value is -2.83. The van der Waals surface area contributed by atoms with Gasteiger partial charge in [0.05, 0.1) is 11.7 Å². The first kappa shape index (κ1) is 18.5. The highest BCUT2D eigenvalue weighted by Crippen LogP contribution is 2.21. The summed E-state index contributed by atoms with van der Waals surface area (Å²) in [6.07, 6.45) is 0.329. The van der Waals surface area contributed by atoms with Gasteiger partial charge in [-0.15, -0.1) is 0 Å². The summed E-state index contributed by atoms with van der Waals surface area (Å²) >= 11 is 0. The van der Waals surface area contributed by atoms with Gasteiger partial charge in [0.25, 0.3) is 0 Å². The normalized spacial score (nSPS) is 11.8. The lowest BCUT2D eigenvalue weighted by atomic mass is 10.2. The Morgan fingerprint density at radius 3 is 2.44 bits per heavy atom. The zero-order chi connectivity index (χ0) is 18.6. The van der Waals surface area contributed by atoms with Gasteiger partial charge in [-0.1, -0.05) is 0 Å². The monoisotopic (exact) mass is 345 g/mol. The van der Waals surface area contributed by atoms with Crippen molar-refractivity contribution in [1.29, 1.82) is 0 Å². The third-order valence-corrected chi connectivity index (χ3v) is 3.89. The fourth-order valence-corrected chi connectivity index (χ4v) is 2.62. The third-order valence-electron chi connectivity index (χ3n) is 3.89. The number of rotatable bonds is 7. The number of nitrogens with zero attached hydrogens (tertiary/aromatic N) is 3. The average Bonchev–Trinajstić information content (AvgIpc) is 2.91. The van der Waals surface area contributed by atoms with E-state index in [0.29, 0.717) is 17.9 Å². The Morgan fingerprint density at radius 1 is 1.28 bits per heavy atom. The molecular formula is C18H23N3O4.